The van der Waals surface area contributed by atoms with Crippen LogP contribution in [0.25, 0.3) is 0 Å². The Bertz CT molecular complexity index is 1590. The summed E-state index contributed by atoms with van der Waals surface area (Å²) < 4.78 is 38.6. The van der Waals surface area contributed by atoms with Crippen molar-refractivity contribution in [1.29, 1.82) is 0 Å². The van der Waals surface area contributed by atoms with Crippen molar-refractivity contribution in [1.82, 2.24) is 19.8 Å². The number of amides is 2. The van der Waals surface area contributed by atoms with Gasteiger partial charge in [0, 0.05) is 75.5 Å². The van der Waals surface area contributed by atoms with Gasteiger partial charge in [0.1, 0.15) is 11.6 Å². The number of carbonyl (C=O) groups is 2. The monoisotopic (exact) mass is 650 g/mol. The molecule has 2 fully saturated rings. The van der Waals surface area contributed by atoms with Crippen molar-refractivity contribution in [3.8, 4) is 5.75 Å². The second-order valence-electron chi connectivity index (χ2n) is 11.8. The third kappa shape index (κ3) is 7.32. The summed E-state index contributed by atoms with van der Waals surface area (Å²) in [5, 5.41) is 8.96. The molecule has 0 atom stereocenters. The Hall–Kier alpha value is -4.72. The Morgan fingerprint density at radius 1 is 1.11 bits per heavy atom. The third-order valence-electron chi connectivity index (χ3n) is 9.00. The first-order valence-electron chi connectivity index (χ1n) is 16.0. The molecule has 0 bridgehead atoms. The number of hydrogen-bond donors (Lipinski definition) is 3. The van der Waals surface area contributed by atoms with Gasteiger partial charge in [-0.2, -0.15) is 4.98 Å². The first kappa shape index (κ1) is 32.2. The highest BCUT2D eigenvalue weighted by atomic mass is 19.3. The number of hydrogen-bond acceptors (Lipinski definition) is 10. The maximum Gasteiger partial charge on any atom is 0.409 e. The van der Waals surface area contributed by atoms with Gasteiger partial charge in [-0.3, -0.25) is 9.69 Å². The van der Waals surface area contributed by atoms with Gasteiger partial charge in [-0.05, 0) is 49.1 Å². The molecule has 12 nitrogen and oxygen atoms in total. The van der Waals surface area contributed by atoms with Crippen molar-refractivity contribution < 1.29 is 27.8 Å². The number of nitrogens with one attached hydrogen (secondary N) is 3. The Morgan fingerprint density at radius 3 is 2.62 bits per heavy atom. The van der Waals surface area contributed by atoms with E-state index in [-0.39, 0.29) is 42.3 Å². The van der Waals surface area contributed by atoms with Gasteiger partial charge in [-0.25, -0.2) is 18.6 Å². The molecule has 3 N–H and O–H groups in total. The summed E-state index contributed by atoms with van der Waals surface area (Å²) in [7, 11) is 1.58. The largest absolute Gasteiger partial charge is 0.494 e. The first-order valence-corrected chi connectivity index (χ1v) is 16.0. The van der Waals surface area contributed by atoms with E-state index in [0.717, 1.165) is 80.8 Å². The SMILES string of the molecule is CCOC(=O)N1CCC(N2CCN(c3ccc(Nc4ncc(C(F)F)c(NCc5cccc6c5CC(=O)N6)n4)c(OC)c3)CC2)CC1. The van der Waals surface area contributed by atoms with E-state index < -0.39 is 6.43 Å². The Morgan fingerprint density at radius 2 is 1.89 bits per heavy atom. The fraction of sp³-hybridized carbons (Fsp3) is 0.455. The van der Waals surface area contributed by atoms with Crippen molar-refractivity contribution in [3.05, 3.63) is 59.3 Å². The van der Waals surface area contributed by atoms with E-state index in [1.807, 2.05) is 43.3 Å². The molecule has 2 saturated heterocycles. The van der Waals surface area contributed by atoms with Crippen molar-refractivity contribution >= 4 is 40.8 Å². The molecule has 14 heteroatoms. The molecule has 0 saturated carbocycles. The second kappa shape index (κ2) is 14.4. The standard InChI is InChI=1S/C33H40F2N8O4/c1-3-47-33(45)43-11-9-22(10-12-43)41-13-15-42(16-14-41)23-7-8-27(28(17-23)46-2)39-32-37-20-25(30(34)35)31(40-32)36-19-21-5-4-6-26-24(21)18-29(44)38-26/h4-8,17,20,22,30H,3,9-16,18-19H2,1-2H3,(H,38,44)(H2,36,37,39,40). The molecular formula is C33H40F2N8O4. The van der Waals surface area contributed by atoms with E-state index in [2.05, 4.69) is 35.7 Å². The number of benzene rings is 2. The van der Waals surface area contributed by atoms with Crippen LogP contribution in [-0.4, -0.2) is 90.8 Å². The molecule has 3 aromatic rings. The lowest BCUT2D eigenvalue weighted by molar-refractivity contribution is -0.115. The fourth-order valence-electron chi connectivity index (χ4n) is 6.49. The number of aromatic nitrogens is 2. The molecule has 0 radical (unpaired) electrons. The number of anilines is 5. The van der Waals surface area contributed by atoms with Crippen LogP contribution in [0.4, 0.5) is 42.4 Å². The molecule has 2 amide bonds. The third-order valence-corrected chi connectivity index (χ3v) is 9.00. The van der Waals surface area contributed by atoms with Crippen LogP contribution in [0.1, 0.15) is 42.9 Å². The molecule has 0 aliphatic carbocycles. The van der Waals surface area contributed by atoms with Gasteiger partial charge in [-0.15, -0.1) is 0 Å². The number of nitrogens with zero attached hydrogens (tertiary/aromatic N) is 5. The number of likely N-dealkylation sites (tertiary alicyclic amines) is 1. The van der Waals surface area contributed by atoms with Crippen LogP contribution in [0, 0.1) is 0 Å². The maximum absolute atomic E-state index is 13.9. The molecule has 6 rings (SSSR count). The van der Waals surface area contributed by atoms with Gasteiger partial charge >= 0.3 is 6.09 Å². The number of piperazine rings is 1. The molecule has 2 aromatic carbocycles. The Balaban J connectivity index is 1.08. The molecule has 0 unspecified atom stereocenters. The molecule has 4 heterocycles. The van der Waals surface area contributed by atoms with E-state index in [1.165, 1.54) is 0 Å². The Labute approximate surface area is 272 Å². The smallest absolute Gasteiger partial charge is 0.409 e. The van der Waals surface area contributed by atoms with Gasteiger partial charge in [0.2, 0.25) is 11.9 Å². The number of carbonyl (C=O) groups excluding carboxylic acids is 2. The Kier molecular flexibility index (Phi) is 9.85. The number of halogens is 2. The van der Waals surface area contributed by atoms with E-state index in [9.17, 15) is 18.4 Å². The number of piperidine rings is 1. The lowest BCUT2D eigenvalue weighted by atomic mass is 10.0. The van der Waals surface area contributed by atoms with E-state index in [4.69, 9.17) is 9.47 Å². The van der Waals surface area contributed by atoms with Gasteiger partial charge < -0.3 is 35.2 Å². The maximum atomic E-state index is 13.9. The fourth-order valence-corrected chi connectivity index (χ4v) is 6.49. The average molecular weight is 651 g/mol. The number of methoxy groups -OCH3 is 1. The predicted octanol–water partition coefficient (Wildman–Crippen LogP) is 5.02. The number of fused-ring (bicyclic) bond motifs is 1. The quantitative estimate of drug-likeness (QED) is 0.276. The lowest BCUT2D eigenvalue weighted by Crippen LogP contribution is -2.53. The van der Waals surface area contributed by atoms with Crippen molar-refractivity contribution in [2.75, 3.05) is 73.8 Å². The normalized spacial score (nSPS) is 17.0. The summed E-state index contributed by atoms with van der Waals surface area (Å²) in [4.78, 5) is 39.1. The van der Waals surface area contributed by atoms with E-state index >= 15 is 0 Å². The van der Waals surface area contributed by atoms with Gasteiger partial charge in [0.15, 0.2) is 0 Å². The minimum Gasteiger partial charge on any atom is -0.494 e. The molecule has 47 heavy (non-hydrogen) atoms. The molecule has 0 spiro atoms. The van der Waals surface area contributed by atoms with Crippen molar-refractivity contribution in [3.63, 3.8) is 0 Å². The number of alkyl halides is 2. The highest BCUT2D eigenvalue weighted by Gasteiger charge is 2.30. The van der Waals surface area contributed by atoms with Gasteiger partial charge in [0.05, 0.1) is 31.4 Å². The van der Waals surface area contributed by atoms with Crippen molar-refractivity contribution in [2.24, 2.45) is 0 Å². The summed E-state index contributed by atoms with van der Waals surface area (Å²) >= 11 is 0. The zero-order chi connectivity index (χ0) is 32.9. The van der Waals surface area contributed by atoms with E-state index in [1.54, 1.807) is 12.0 Å². The van der Waals surface area contributed by atoms with Crippen LogP contribution >= 0.6 is 0 Å². The van der Waals surface area contributed by atoms with Crippen LogP contribution in [0.3, 0.4) is 0 Å². The highest BCUT2D eigenvalue weighted by Crippen LogP contribution is 2.34. The first-order chi connectivity index (χ1) is 22.8. The zero-order valence-electron chi connectivity index (χ0n) is 26.6. The summed E-state index contributed by atoms with van der Waals surface area (Å²) in [5.41, 5.74) is 3.71. The van der Waals surface area contributed by atoms with Gasteiger partial charge in [0.25, 0.3) is 6.43 Å². The van der Waals surface area contributed by atoms with E-state index in [0.29, 0.717) is 24.1 Å². The predicted molar refractivity (Wildman–Crippen MR) is 175 cm³/mol. The lowest BCUT2D eigenvalue weighted by Gasteiger charge is -2.43. The number of ether oxygens (including phenoxy) is 2. The second-order valence-corrected chi connectivity index (χ2v) is 11.8. The van der Waals surface area contributed by atoms with Crippen molar-refractivity contribution in [2.45, 2.75) is 45.2 Å². The molecule has 1 aromatic heterocycles. The minimum atomic E-state index is -2.78. The van der Waals surface area contributed by atoms with Crippen LogP contribution in [0.15, 0.2) is 42.6 Å². The number of rotatable bonds is 10. The summed E-state index contributed by atoms with van der Waals surface area (Å²) in [6.07, 6.45) is 0.246. The summed E-state index contributed by atoms with van der Waals surface area (Å²) in [6, 6.07) is 11.8. The summed E-state index contributed by atoms with van der Waals surface area (Å²) in [5.74, 6) is 0.624. The minimum absolute atomic E-state index is 0.00686. The average Bonchev–Trinajstić information content (AvgIpc) is 3.48. The summed E-state index contributed by atoms with van der Waals surface area (Å²) in [6.45, 7) is 7.43. The van der Waals surface area contributed by atoms with Crippen LogP contribution in [0.2, 0.25) is 0 Å². The highest BCUT2D eigenvalue weighted by molar-refractivity contribution is 5.99. The van der Waals surface area contributed by atoms with Crippen LogP contribution < -0.4 is 25.6 Å². The molecule has 3 aliphatic heterocycles. The van der Waals surface area contributed by atoms with Crippen LogP contribution in [0.5, 0.6) is 5.75 Å². The molecule has 250 valence electrons. The molecular weight excluding hydrogens is 610 g/mol. The van der Waals surface area contributed by atoms with Crippen LogP contribution in [-0.2, 0) is 22.5 Å². The topological polar surface area (TPSA) is 124 Å². The van der Waals surface area contributed by atoms with Gasteiger partial charge in [-0.1, -0.05) is 12.1 Å². The molecule has 3 aliphatic rings. The zero-order valence-corrected chi connectivity index (χ0v) is 26.6.